The molecule has 18 heteroatoms. The van der Waals surface area contributed by atoms with Crippen LogP contribution < -0.4 is 21.5 Å². The number of hydrogen-bond donors (Lipinski definition) is 2. The van der Waals surface area contributed by atoms with Crippen molar-refractivity contribution in [1.29, 1.82) is 0 Å². The lowest BCUT2D eigenvalue weighted by molar-refractivity contribution is -0.120. The average Bonchev–Trinajstić information content (AvgIpc) is 3.84. The molecule has 3 aliphatic heterocycles. The van der Waals surface area contributed by atoms with Gasteiger partial charge in [-0.05, 0) is 112 Å². The molecule has 0 atom stereocenters. The van der Waals surface area contributed by atoms with Crippen molar-refractivity contribution in [2.24, 2.45) is 11.3 Å². The summed E-state index contributed by atoms with van der Waals surface area (Å²) < 4.78 is 4.87. The second-order valence-corrected chi connectivity index (χ2v) is 20.2. The smallest absolute Gasteiger partial charge is 0.336 e. The summed E-state index contributed by atoms with van der Waals surface area (Å²) in [5, 5.41) is 8.96. The molecule has 5 fully saturated rings. The van der Waals surface area contributed by atoms with Crippen LogP contribution in [0.25, 0.3) is 38.9 Å². The van der Waals surface area contributed by atoms with Crippen LogP contribution >= 0.6 is 34.8 Å². The Balaban J connectivity index is 0.699. The monoisotopic (exact) mass is 950 g/mol. The number of likely N-dealkylation sites (tertiary alicyclic amines) is 2. The maximum atomic E-state index is 14.1. The number of halogens is 3. The minimum absolute atomic E-state index is 0.0458. The van der Waals surface area contributed by atoms with Gasteiger partial charge in [-0.3, -0.25) is 33.8 Å². The zero-order chi connectivity index (χ0) is 45.4. The summed E-state index contributed by atoms with van der Waals surface area (Å²) in [5.41, 5.74) is 3.27. The van der Waals surface area contributed by atoms with Crippen molar-refractivity contribution < 1.29 is 14.4 Å². The Morgan fingerprint density at radius 2 is 1.53 bits per heavy atom. The van der Waals surface area contributed by atoms with Crippen LogP contribution in [0.3, 0.4) is 0 Å². The summed E-state index contributed by atoms with van der Waals surface area (Å²) in [5.74, 6) is 0.289. The molecule has 342 valence electrons. The number of para-hydroxylation sites is 1. The zero-order valence-corrected chi connectivity index (χ0v) is 38.5. The summed E-state index contributed by atoms with van der Waals surface area (Å²) in [6.07, 6.45) is 16.1. The molecule has 4 amide bonds. The molecular formula is C48H49Cl3N10O5. The van der Waals surface area contributed by atoms with E-state index in [2.05, 4.69) is 31.1 Å². The molecule has 3 saturated heterocycles. The number of carbonyl (C=O) groups is 3. The number of aromatic nitrogens is 6. The number of aromatic amines is 1. The number of piperidine rings is 2. The first-order valence-electron chi connectivity index (χ1n) is 23.0. The van der Waals surface area contributed by atoms with E-state index in [4.69, 9.17) is 39.9 Å². The number of pyridine rings is 1. The number of hydrogen-bond acceptors (Lipinski definition) is 8. The third-order valence-corrected chi connectivity index (χ3v) is 15.9. The van der Waals surface area contributed by atoms with Gasteiger partial charge in [0.1, 0.15) is 5.65 Å². The maximum absolute atomic E-state index is 14.1. The minimum Gasteiger partial charge on any atom is -0.339 e. The van der Waals surface area contributed by atoms with Crippen LogP contribution in [0.2, 0.25) is 15.1 Å². The molecule has 6 aromatic rings. The van der Waals surface area contributed by atoms with Crippen LogP contribution in [-0.4, -0.2) is 95.8 Å². The molecule has 0 radical (unpaired) electrons. The van der Waals surface area contributed by atoms with Crippen molar-refractivity contribution >= 4 is 80.3 Å². The first-order chi connectivity index (χ1) is 31.9. The quantitative estimate of drug-likeness (QED) is 0.154. The number of nitrogens with one attached hydrogen (secondary N) is 2. The van der Waals surface area contributed by atoms with Crippen molar-refractivity contribution in [3.63, 3.8) is 0 Å². The van der Waals surface area contributed by atoms with Gasteiger partial charge in [-0.2, -0.15) is 5.10 Å². The fraction of sp³-hybridized carbons (Fsp3) is 0.438. The molecule has 5 aliphatic rings. The van der Waals surface area contributed by atoms with Gasteiger partial charge < -0.3 is 14.8 Å². The van der Waals surface area contributed by atoms with Gasteiger partial charge >= 0.3 is 11.7 Å². The van der Waals surface area contributed by atoms with Gasteiger partial charge in [0.05, 0.1) is 55.3 Å². The normalized spacial score (nSPS) is 19.9. The van der Waals surface area contributed by atoms with Crippen LogP contribution in [-0.2, 0) is 4.79 Å². The molecule has 1 spiro atoms. The van der Waals surface area contributed by atoms with Crippen LogP contribution in [0, 0.1) is 11.3 Å². The van der Waals surface area contributed by atoms with E-state index in [1.165, 1.54) is 36.8 Å². The van der Waals surface area contributed by atoms with Crippen LogP contribution in [0.5, 0.6) is 0 Å². The molecule has 2 saturated carbocycles. The van der Waals surface area contributed by atoms with E-state index in [9.17, 15) is 24.0 Å². The Hall–Kier alpha value is -5.48. The topological polar surface area (TPSA) is 163 Å². The summed E-state index contributed by atoms with van der Waals surface area (Å²) in [6.45, 7) is 4.79. The number of amides is 4. The van der Waals surface area contributed by atoms with Gasteiger partial charge in [0.2, 0.25) is 5.91 Å². The Labute approximate surface area is 394 Å². The Kier molecular flexibility index (Phi) is 11.1. The number of fused-ring (bicyclic) bond motifs is 3. The predicted octanol–water partition coefficient (Wildman–Crippen LogP) is 8.38. The van der Waals surface area contributed by atoms with Crippen molar-refractivity contribution in [3.05, 3.63) is 103 Å². The molecule has 2 N–H and O–H groups in total. The molecule has 66 heavy (non-hydrogen) atoms. The lowest BCUT2D eigenvalue weighted by Crippen LogP contribution is -2.49. The molecule has 11 rings (SSSR count). The molecule has 0 unspecified atom stereocenters. The van der Waals surface area contributed by atoms with E-state index in [0.717, 1.165) is 74.0 Å². The number of carbonyl (C=O) groups excluding carboxylic acids is 3. The first kappa shape index (κ1) is 43.1. The average molecular weight is 952 g/mol. The van der Waals surface area contributed by atoms with Gasteiger partial charge in [0, 0.05) is 80.6 Å². The number of nitrogens with zero attached hydrogens (tertiary/aromatic N) is 8. The molecule has 2 aromatic carbocycles. The predicted molar refractivity (Wildman–Crippen MR) is 254 cm³/mol. The Bertz CT molecular complexity index is 3040. The summed E-state index contributed by atoms with van der Waals surface area (Å²) >= 11 is 19.5. The fourth-order valence-corrected chi connectivity index (χ4v) is 11.8. The van der Waals surface area contributed by atoms with E-state index in [-0.39, 0.29) is 58.0 Å². The summed E-state index contributed by atoms with van der Waals surface area (Å²) in [4.78, 5) is 80.0. The number of imide groups is 1. The van der Waals surface area contributed by atoms with E-state index in [0.29, 0.717) is 57.2 Å². The van der Waals surface area contributed by atoms with Crippen molar-refractivity contribution in [2.75, 3.05) is 44.2 Å². The largest absolute Gasteiger partial charge is 0.339 e. The van der Waals surface area contributed by atoms with E-state index < -0.39 is 17.3 Å². The lowest BCUT2D eigenvalue weighted by Gasteiger charge is -2.47. The van der Waals surface area contributed by atoms with Crippen LogP contribution in [0.1, 0.15) is 93.1 Å². The number of urea groups is 1. The van der Waals surface area contributed by atoms with Crippen molar-refractivity contribution in [1.82, 2.24) is 44.0 Å². The highest BCUT2D eigenvalue weighted by Gasteiger charge is 2.40. The SMILES string of the molecule is O=C1CCN(c2cc(C(=O)N3CCC4(CCC(CN5CCC(n6cc(-c7cc8c(ncc9c(=O)n(-c%10c(Cl)cccc%10Cl)c(=O)n(C%10CC%10)c98)[nH]7)cn6)CC5)CC4)CC3)ccc2Cl)C(=O)N1. The van der Waals surface area contributed by atoms with Gasteiger partial charge in [-0.25, -0.2) is 19.1 Å². The molecule has 2 aliphatic carbocycles. The van der Waals surface area contributed by atoms with E-state index >= 15 is 0 Å². The highest BCUT2D eigenvalue weighted by molar-refractivity contribution is 6.37. The minimum atomic E-state index is -0.527. The highest BCUT2D eigenvalue weighted by Crippen LogP contribution is 2.47. The lowest BCUT2D eigenvalue weighted by atomic mass is 9.65. The van der Waals surface area contributed by atoms with Crippen LogP contribution in [0.4, 0.5) is 10.5 Å². The van der Waals surface area contributed by atoms with Gasteiger partial charge in [-0.1, -0.05) is 40.9 Å². The number of rotatable bonds is 8. The van der Waals surface area contributed by atoms with Gasteiger partial charge in [-0.15, -0.1) is 0 Å². The third-order valence-electron chi connectivity index (χ3n) is 14.9. The second kappa shape index (κ2) is 17.0. The Morgan fingerprint density at radius 1 is 0.788 bits per heavy atom. The van der Waals surface area contributed by atoms with Crippen molar-refractivity contribution in [2.45, 2.75) is 82.7 Å². The third kappa shape index (κ3) is 7.80. The Morgan fingerprint density at radius 3 is 2.24 bits per heavy atom. The van der Waals surface area contributed by atoms with E-state index in [1.54, 1.807) is 41.0 Å². The molecule has 0 bridgehead atoms. The summed E-state index contributed by atoms with van der Waals surface area (Å²) in [6, 6.07) is 11.6. The molecule has 15 nitrogen and oxygen atoms in total. The van der Waals surface area contributed by atoms with Gasteiger partial charge in [0.15, 0.2) is 0 Å². The number of anilines is 1. The summed E-state index contributed by atoms with van der Waals surface area (Å²) in [7, 11) is 0. The standard InChI is InChI=1S/C48H49Cl3N10O5/c49-35-7-4-29(22-39(35)58-19-12-40(62)55-46(58)65)44(63)57-20-15-48(16-21-57)13-8-28(9-14-48)26-56-17-10-31(11-18-56)59-27-30(24-53-59)38-23-33-41-34(25-52-43(33)54-38)45(64)61(47(66)60(41)32-5-6-32)42-36(50)2-1-3-37(42)51/h1-4,7,22-25,27-28,31-32H,5-6,8-21,26H2,(H,52,54)(H,55,62,65). The van der Waals surface area contributed by atoms with Gasteiger partial charge in [0.25, 0.3) is 11.5 Å². The van der Waals surface area contributed by atoms with E-state index in [1.807, 2.05) is 17.2 Å². The van der Waals surface area contributed by atoms with Crippen LogP contribution in [0.15, 0.2) is 70.6 Å². The molecule has 4 aromatic heterocycles. The second-order valence-electron chi connectivity index (χ2n) is 19.0. The maximum Gasteiger partial charge on any atom is 0.336 e. The highest BCUT2D eigenvalue weighted by atomic mass is 35.5. The number of benzene rings is 2. The number of H-pyrrole nitrogens is 1. The molecular weight excluding hydrogens is 903 g/mol. The van der Waals surface area contributed by atoms with Crippen molar-refractivity contribution in [3.8, 4) is 16.9 Å². The zero-order valence-electron chi connectivity index (χ0n) is 36.3. The molecule has 7 heterocycles. The fourth-order valence-electron chi connectivity index (χ4n) is 11.0. The first-order valence-corrected chi connectivity index (χ1v) is 24.2.